The summed E-state index contributed by atoms with van der Waals surface area (Å²) in [5, 5.41) is 0. The quantitative estimate of drug-likeness (QED) is 0.786. The number of rotatable bonds is 6. The molecule has 0 unspecified atom stereocenters. The lowest BCUT2D eigenvalue weighted by atomic mass is 9.95. The minimum Gasteiger partial charge on any atom is -0.324 e. The molecule has 0 fully saturated rings. The summed E-state index contributed by atoms with van der Waals surface area (Å²) in [6.45, 7) is 3.85. The van der Waals surface area contributed by atoms with Gasteiger partial charge in [0.15, 0.2) is 5.82 Å². The molecule has 0 saturated carbocycles. The standard InChI is InChI=1S/C12H18BrFN2O2S.ClH/c1-3-12(15,4-2)8-16-19(17,18)10-7-5-6-9(13)11(10)14;/h5-7,16H,3-4,8,15H2,1-2H3;1H. The van der Waals surface area contributed by atoms with Crippen LogP contribution in [0.25, 0.3) is 0 Å². The lowest BCUT2D eigenvalue weighted by Gasteiger charge is -2.26. The fourth-order valence-corrected chi connectivity index (χ4v) is 3.24. The Labute approximate surface area is 133 Å². The number of sulfonamides is 1. The van der Waals surface area contributed by atoms with Crippen LogP contribution in [-0.4, -0.2) is 20.5 Å². The summed E-state index contributed by atoms with van der Waals surface area (Å²) in [5.41, 5.74) is 5.40. The number of nitrogens with one attached hydrogen (secondary N) is 1. The normalized spacial score (nSPS) is 12.1. The topological polar surface area (TPSA) is 72.2 Å². The highest BCUT2D eigenvalue weighted by molar-refractivity contribution is 9.10. The molecule has 116 valence electrons. The van der Waals surface area contributed by atoms with Crippen molar-refractivity contribution in [2.75, 3.05) is 6.54 Å². The lowest BCUT2D eigenvalue weighted by Crippen LogP contribution is -2.49. The van der Waals surface area contributed by atoms with E-state index in [-0.39, 0.29) is 28.3 Å². The maximum Gasteiger partial charge on any atom is 0.243 e. The van der Waals surface area contributed by atoms with Crippen LogP contribution in [0.4, 0.5) is 4.39 Å². The van der Waals surface area contributed by atoms with E-state index < -0.39 is 21.4 Å². The zero-order valence-electron chi connectivity index (χ0n) is 11.3. The maximum absolute atomic E-state index is 13.8. The second-order valence-corrected chi connectivity index (χ2v) is 7.04. The van der Waals surface area contributed by atoms with Crippen LogP contribution in [0.3, 0.4) is 0 Å². The van der Waals surface area contributed by atoms with E-state index in [0.29, 0.717) is 12.8 Å². The fraction of sp³-hybridized carbons (Fsp3) is 0.500. The van der Waals surface area contributed by atoms with E-state index in [1.807, 2.05) is 13.8 Å². The number of hydrogen-bond donors (Lipinski definition) is 2. The molecule has 0 saturated heterocycles. The fourth-order valence-electron chi connectivity index (χ4n) is 1.51. The van der Waals surface area contributed by atoms with E-state index in [0.717, 1.165) is 0 Å². The Hall–Kier alpha value is -0.210. The van der Waals surface area contributed by atoms with Crippen LogP contribution in [0.1, 0.15) is 26.7 Å². The Morgan fingerprint density at radius 1 is 1.35 bits per heavy atom. The molecule has 8 heteroatoms. The van der Waals surface area contributed by atoms with Gasteiger partial charge in [-0.3, -0.25) is 0 Å². The van der Waals surface area contributed by atoms with Gasteiger partial charge in [0, 0.05) is 12.1 Å². The molecule has 1 aromatic rings. The van der Waals surface area contributed by atoms with Crippen molar-refractivity contribution in [3.63, 3.8) is 0 Å². The van der Waals surface area contributed by atoms with Gasteiger partial charge in [-0.05, 0) is 40.9 Å². The van der Waals surface area contributed by atoms with Gasteiger partial charge in [-0.1, -0.05) is 19.9 Å². The molecule has 0 aliphatic rings. The van der Waals surface area contributed by atoms with Crippen LogP contribution in [0.5, 0.6) is 0 Å². The van der Waals surface area contributed by atoms with Gasteiger partial charge in [-0.15, -0.1) is 12.4 Å². The third kappa shape index (κ3) is 4.66. The van der Waals surface area contributed by atoms with Gasteiger partial charge in [0.2, 0.25) is 10.0 Å². The first-order valence-corrected chi connectivity index (χ1v) is 8.26. The zero-order chi connectivity index (χ0) is 14.7. The largest absolute Gasteiger partial charge is 0.324 e. The summed E-state index contributed by atoms with van der Waals surface area (Å²) in [7, 11) is -3.90. The highest BCUT2D eigenvalue weighted by atomic mass is 79.9. The summed E-state index contributed by atoms with van der Waals surface area (Å²) in [6.07, 6.45) is 1.26. The summed E-state index contributed by atoms with van der Waals surface area (Å²) in [5.74, 6) is -0.800. The van der Waals surface area contributed by atoms with Gasteiger partial charge in [-0.25, -0.2) is 17.5 Å². The molecular weight excluding hydrogens is 371 g/mol. The molecular formula is C12H19BrClFN2O2S. The Bertz CT molecular complexity index is 550. The van der Waals surface area contributed by atoms with E-state index in [1.54, 1.807) is 0 Å². The second-order valence-electron chi connectivity index (χ2n) is 4.45. The molecule has 0 aliphatic carbocycles. The van der Waals surface area contributed by atoms with Crippen molar-refractivity contribution < 1.29 is 12.8 Å². The molecule has 0 aromatic heterocycles. The van der Waals surface area contributed by atoms with Gasteiger partial charge in [0.1, 0.15) is 4.90 Å². The Morgan fingerprint density at radius 2 is 1.90 bits per heavy atom. The minimum atomic E-state index is -3.90. The summed E-state index contributed by atoms with van der Waals surface area (Å²) >= 11 is 2.96. The smallest absolute Gasteiger partial charge is 0.243 e. The lowest BCUT2D eigenvalue weighted by molar-refractivity contribution is 0.391. The molecule has 0 bridgehead atoms. The molecule has 4 nitrogen and oxygen atoms in total. The van der Waals surface area contributed by atoms with E-state index in [4.69, 9.17) is 5.73 Å². The van der Waals surface area contributed by atoms with Crippen molar-refractivity contribution in [3.05, 3.63) is 28.5 Å². The maximum atomic E-state index is 13.8. The number of benzene rings is 1. The van der Waals surface area contributed by atoms with Crippen LogP contribution in [0.15, 0.2) is 27.6 Å². The average Bonchev–Trinajstić information content (AvgIpc) is 2.39. The van der Waals surface area contributed by atoms with E-state index in [1.165, 1.54) is 18.2 Å². The van der Waals surface area contributed by atoms with Crippen molar-refractivity contribution in [1.29, 1.82) is 0 Å². The number of halogens is 3. The van der Waals surface area contributed by atoms with Crippen molar-refractivity contribution in [2.24, 2.45) is 5.73 Å². The first-order valence-electron chi connectivity index (χ1n) is 5.98. The summed E-state index contributed by atoms with van der Waals surface area (Å²) < 4.78 is 40.4. The van der Waals surface area contributed by atoms with E-state index in [9.17, 15) is 12.8 Å². The highest BCUT2D eigenvalue weighted by Crippen LogP contribution is 2.22. The zero-order valence-corrected chi connectivity index (χ0v) is 14.5. The molecule has 20 heavy (non-hydrogen) atoms. The minimum absolute atomic E-state index is 0. The van der Waals surface area contributed by atoms with Gasteiger partial charge in [0.05, 0.1) is 4.47 Å². The van der Waals surface area contributed by atoms with Crippen molar-refractivity contribution in [1.82, 2.24) is 4.72 Å². The molecule has 0 heterocycles. The Kier molecular flexibility index (Phi) is 7.62. The third-order valence-electron chi connectivity index (χ3n) is 3.23. The van der Waals surface area contributed by atoms with Crippen LogP contribution in [-0.2, 0) is 10.0 Å². The first kappa shape index (κ1) is 19.8. The predicted molar refractivity (Wildman–Crippen MR) is 84.0 cm³/mol. The monoisotopic (exact) mass is 388 g/mol. The van der Waals surface area contributed by atoms with Gasteiger partial charge in [0.25, 0.3) is 0 Å². The SMILES string of the molecule is CCC(N)(CC)CNS(=O)(=O)c1cccc(Br)c1F.Cl. The van der Waals surface area contributed by atoms with Crippen molar-refractivity contribution >= 4 is 38.4 Å². The average molecular weight is 390 g/mol. The van der Waals surface area contributed by atoms with Crippen LogP contribution in [0.2, 0.25) is 0 Å². The second kappa shape index (κ2) is 7.70. The summed E-state index contributed by atoms with van der Waals surface area (Å²) in [6, 6.07) is 4.13. The molecule has 0 radical (unpaired) electrons. The molecule has 3 N–H and O–H groups in total. The molecule has 0 aliphatic heterocycles. The molecule has 1 rings (SSSR count). The molecule has 1 aromatic carbocycles. The van der Waals surface area contributed by atoms with Crippen molar-refractivity contribution in [2.45, 2.75) is 37.1 Å². The van der Waals surface area contributed by atoms with Crippen molar-refractivity contribution in [3.8, 4) is 0 Å². The Balaban J connectivity index is 0.00000361. The molecule has 0 atom stereocenters. The van der Waals surface area contributed by atoms with Gasteiger partial charge in [-0.2, -0.15) is 0 Å². The van der Waals surface area contributed by atoms with Crippen LogP contribution < -0.4 is 10.5 Å². The highest BCUT2D eigenvalue weighted by Gasteiger charge is 2.26. The van der Waals surface area contributed by atoms with E-state index >= 15 is 0 Å². The molecule has 0 amide bonds. The summed E-state index contributed by atoms with van der Waals surface area (Å²) in [4.78, 5) is -0.378. The van der Waals surface area contributed by atoms with Crippen LogP contribution in [0, 0.1) is 5.82 Å². The van der Waals surface area contributed by atoms with E-state index in [2.05, 4.69) is 20.7 Å². The third-order valence-corrected chi connectivity index (χ3v) is 5.26. The number of hydrogen-bond acceptors (Lipinski definition) is 3. The predicted octanol–water partition coefficient (Wildman–Crippen LogP) is 2.81. The van der Waals surface area contributed by atoms with Crippen LogP contribution >= 0.6 is 28.3 Å². The Morgan fingerprint density at radius 3 is 2.40 bits per heavy atom. The van der Waals surface area contributed by atoms with Gasteiger partial charge >= 0.3 is 0 Å². The van der Waals surface area contributed by atoms with Gasteiger partial charge < -0.3 is 5.73 Å². The molecule has 0 spiro atoms. The number of nitrogens with two attached hydrogens (primary N) is 1. The first-order chi connectivity index (χ1) is 8.75.